The smallest absolute Gasteiger partial charge is 0.344 e. The molecule has 0 aliphatic carbocycles. The van der Waals surface area contributed by atoms with Crippen LogP contribution in [0.3, 0.4) is 0 Å². The third-order valence-electron chi connectivity index (χ3n) is 2.93. The van der Waals surface area contributed by atoms with Crippen LogP contribution in [0.4, 0.5) is 8.78 Å². The molecule has 2 aromatic rings. The lowest BCUT2D eigenvalue weighted by atomic mass is 10.1. The monoisotopic (exact) mass is 283 g/mol. The molecule has 0 radical (unpaired) electrons. The van der Waals surface area contributed by atoms with Gasteiger partial charge in [0, 0.05) is 0 Å². The van der Waals surface area contributed by atoms with E-state index >= 15 is 0 Å². The highest BCUT2D eigenvalue weighted by Gasteiger charge is 2.23. The number of nitrogens with zero attached hydrogens (tertiary/aromatic N) is 1. The molecule has 106 valence electrons. The third-order valence-corrected chi connectivity index (χ3v) is 2.93. The number of alkyl halides is 1. The van der Waals surface area contributed by atoms with Crippen molar-refractivity contribution in [1.82, 2.24) is 4.57 Å². The van der Waals surface area contributed by atoms with Gasteiger partial charge in [-0.2, -0.15) is 4.39 Å². The molecule has 0 saturated carbocycles. The van der Waals surface area contributed by atoms with Crippen molar-refractivity contribution in [3.8, 4) is 5.75 Å². The minimum atomic E-state index is -1.69. The Hall–Kier alpha value is -2.44. The van der Waals surface area contributed by atoms with Gasteiger partial charge in [-0.3, -0.25) is 4.79 Å². The molecule has 2 rings (SSSR count). The highest BCUT2D eigenvalue weighted by molar-refractivity contribution is 5.94. The molecule has 0 aliphatic heterocycles. The first-order chi connectivity index (χ1) is 9.52. The van der Waals surface area contributed by atoms with Crippen molar-refractivity contribution in [2.24, 2.45) is 0 Å². The van der Waals surface area contributed by atoms with Gasteiger partial charge >= 0.3 is 5.97 Å². The summed E-state index contributed by atoms with van der Waals surface area (Å²) < 4.78 is 32.6. The first kappa shape index (κ1) is 14.0. The maximum Gasteiger partial charge on any atom is 0.344 e. The summed E-state index contributed by atoms with van der Waals surface area (Å²) in [6.45, 7) is -1.32. The van der Waals surface area contributed by atoms with E-state index in [-0.39, 0.29) is 16.7 Å². The van der Waals surface area contributed by atoms with Crippen LogP contribution in [0.25, 0.3) is 10.9 Å². The largest absolute Gasteiger partial charge is 0.495 e. The van der Waals surface area contributed by atoms with Gasteiger partial charge in [-0.05, 0) is 12.1 Å². The van der Waals surface area contributed by atoms with Gasteiger partial charge in [0.25, 0.3) is 0 Å². The summed E-state index contributed by atoms with van der Waals surface area (Å²) in [7, 11) is 1.32. The summed E-state index contributed by atoms with van der Waals surface area (Å²) in [6.07, 6.45) is 0. The number of carbonyl (C=O) groups is 1. The van der Waals surface area contributed by atoms with Crippen molar-refractivity contribution in [2.45, 2.75) is 6.54 Å². The Balaban J connectivity index is 3.03. The van der Waals surface area contributed by atoms with Gasteiger partial charge in [0.05, 0.1) is 24.6 Å². The zero-order valence-corrected chi connectivity index (χ0v) is 10.5. The normalized spacial score (nSPS) is 10.8. The number of fused-ring (bicyclic) bond motifs is 1. The molecule has 1 aromatic heterocycles. The van der Waals surface area contributed by atoms with Crippen molar-refractivity contribution in [1.29, 1.82) is 0 Å². The second-order valence-electron chi connectivity index (χ2n) is 4.00. The molecule has 0 amide bonds. The number of hydrogen-bond acceptors (Lipinski definition) is 3. The Morgan fingerprint density at radius 3 is 2.70 bits per heavy atom. The number of rotatable bonds is 4. The van der Waals surface area contributed by atoms with E-state index < -0.39 is 36.1 Å². The molecule has 1 heterocycles. The van der Waals surface area contributed by atoms with Gasteiger partial charge < -0.3 is 14.4 Å². The van der Waals surface area contributed by atoms with Crippen molar-refractivity contribution in [3.05, 3.63) is 39.9 Å². The molecule has 0 spiro atoms. The number of para-hydroxylation sites is 1. The molecule has 1 aromatic carbocycles. The van der Waals surface area contributed by atoms with Crippen LogP contribution < -0.4 is 10.2 Å². The van der Waals surface area contributed by atoms with Crippen LogP contribution in [0.5, 0.6) is 5.75 Å². The van der Waals surface area contributed by atoms with Crippen molar-refractivity contribution >= 4 is 16.9 Å². The number of hydrogen-bond donors (Lipinski definition) is 1. The Bertz CT molecular complexity index is 739. The predicted molar refractivity (Wildman–Crippen MR) is 67.7 cm³/mol. The lowest BCUT2D eigenvalue weighted by Gasteiger charge is -2.15. The fourth-order valence-electron chi connectivity index (χ4n) is 2.09. The van der Waals surface area contributed by atoms with Crippen LogP contribution >= 0.6 is 0 Å². The number of methoxy groups -OCH3 is 1. The van der Waals surface area contributed by atoms with Crippen LogP contribution in [0.1, 0.15) is 10.4 Å². The number of halogens is 2. The molecule has 7 heteroatoms. The highest BCUT2D eigenvalue weighted by atomic mass is 19.1. The topological polar surface area (TPSA) is 68.5 Å². The Kier molecular flexibility index (Phi) is 3.69. The number of carboxylic acids is 1. The average Bonchev–Trinajstić information content (AvgIpc) is 2.42. The molecule has 5 nitrogen and oxygen atoms in total. The molecule has 1 N–H and O–H groups in total. The molecular weight excluding hydrogens is 272 g/mol. The van der Waals surface area contributed by atoms with E-state index in [9.17, 15) is 18.4 Å². The van der Waals surface area contributed by atoms with Crippen LogP contribution in [0.2, 0.25) is 0 Å². The number of benzene rings is 1. The summed E-state index contributed by atoms with van der Waals surface area (Å²) in [6, 6.07) is 4.31. The van der Waals surface area contributed by atoms with E-state index in [0.717, 1.165) is 4.57 Å². The van der Waals surface area contributed by atoms with Crippen LogP contribution in [-0.4, -0.2) is 29.4 Å². The zero-order valence-electron chi connectivity index (χ0n) is 10.5. The lowest BCUT2D eigenvalue weighted by molar-refractivity contribution is 0.0688. The van der Waals surface area contributed by atoms with E-state index in [4.69, 9.17) is 9.84 Å². The summed E-state index contributed by atoms with van der Waals surface area (Å²) in [5, 5.41) is 8.92. The van der Waals surface area contributed by atoms with Crippen molar-refractivity contribution in [2.75, 3.05) is 13.8 Å². The van der Waals surface area contributed by atoms with Gasteiger partial charge in [-0.15, -0.1) is 0 Å². The molecule has 20 heavy (non-hydrogen) atoms. The summed E-state index contributed by atoms with van der Waals surface area (Å²) in [5.74, 6) is -2.80. The number of ether oxygens (including phenoxy) is 1. The quantitative estimate of drug-likeness (QED) is 0.869. The molecule has 0 atom stereocenters. The van der Waals surface area contributed by atoms with Crippen LogP contribution in [-0.2, 0) is 6.54 Å². The zero-order chi connectivity index (χ0) is 14.9. The van der Waals surface area contributed by atoms with E-state index in [2.05, 4.69) is 0 Å². The highest BCUT2D eigenvalue weighted by Crippen LogP contribution is 2.25. The lowest BCUT2D eigenvalue weighted by Crippen LogP contribution is -2.24. The standard InChI is InChI=1S/C13H11F2NO4/c1-20-8-4-2-3-7-10(8)16(6-5-14)12(15)9(11(7)17)13(18)19/h2-4H,5-6H2,1H3,(H,18,19). The van der Waals surface area contributed by atoms with Crippen molar-refractivity contribution < 1.29 is 23.4 Å². The van der Waals surface area contributed by atoms with E-state index in [1.54, 1.807) is 0 Å². The van der Waals surface area contributed by atoms with Gasteiger partial charge in [-0.1, -0.05) is 6.07 Å². The number of aromatic carboxylic acids is 1. The summed E-state index contributed by atoms with van der Waals surface area (Å²) in [4.78, 5) is 23.1. The van der Waals surface area contributed by atoms with Crippen LogP contribution in [0.15, 0.2) is 23.0 Å². The fourth-order valence-corrected chi connectivity index (χ4v) is 2.09. The first-order valence-electron chi connectivity index (χ1n) is 5.71. The minimum absolute atomic E-state index is 0.0309. The molecular formula is C13H11F2NO4. The number of aryl methyl sites for hydroxylation is 1. The number of pyridine rings is 1. The Labute approximate surface area is 112 Å². The van der Waals surface area contributed by atoms with Crippen LogP contribution in [0, 0.1) is 5.95 Å². The second kappa shape index (κ2) is 5.28. The summed E-state index contributed by atoms with van der Waals surface area (Å²) >= 11 is 0. The second-order valence-corrected chi connectivity index (χ2v) is 4.00. The molecule has 0 aliphatic rings. The SMILES string of the molecule is COc1cccc2c(=O)c(C(=O)O)c(F)n(CCF)c12. The van der Waals surface area contributed by atoms with Gasteiger partial charge in [0.1, 0.15) is 12.4 Å². The average molecular weight is 283 g/mol. The first-order valence-corrected chi connectivity index (χ1v) is 5.71. The van der Waals surface area contributed by atoms with Gasteiger partial charge in [0.2, 0.25) is 11.4 Å². The molecule has 0 fully saturated rings. The number of aromatic nitrogens is 1. The molecule has 0 bridgehead atoms. The Morgan fingerprint density at radius 2 is 2.15 bits per heavy atom. The minimum Gasteiger partial charge on any atom is -0.495 e. The van der Waals surface area contributed by atoms with E-state index in [1.807, 2.05) is 0 Å². The van der Waals surface area contributed by atoms with Gasteiger partial charge in [0.15, 0.2) is 5.56 Å². The van der Waals surface area contributed by atoms with E-state index in [0.29, 0.717) is 0 Å². The predicted octanol–water partition coefficient (Wildman–Crippen LogP) is 1.82. The maximum absolute atomic E-state index is 14.2. The summed E-state index contributed by atoms with van der Waals surface area (Å²) in [5.41, 5.74) is -1.92. The number of carboxylic acid groups (broad SMARTS) is 1. The molecule has 0 unspecified atom stereocenters. The fraction of sp³-hybridized carbons (Fsp3) is 0.231. The van der Waals surface area contributed by atoms with Gasteiger partial charge in [-0.25, -0.2) is 9.18 Å². The molecule has 0 saturated heterocycles. The third kappa shape index (κ3) is 2.01. The maximum atomic E-state index is 14.2. The van der Waals surface area contributed by atoms with Crippen molar-refractivity contribution in [3.63, 3.8) is 0 Å². The Morgan fingerprint density at radius 1 is 1.45 bits per heavy atom. The van der Waals surface area contributed by atoms with E-state index in [1.165, 1.54) is 25.3 Å².